The molecule has 2 saturated heterocycles. The minimum absolute atomic E-state index is 0.0324. The third kappa shape index (κ3) is 10.8. The molecule has 384 valence electrons. The van der Waals surface area contributed by atoms with Crippen LogP contribution < -0.4 is 4.90 Å². The number of hydrogen-bond donors (Lipinski definition) is 1. The Bertz CT molecular complexity index is 3380. The van der Waals surface area contributed by atoms with E-state index in [2.05, 4.69) is 43.4 Å². The van der Waals surface area contributed by atoms with Crippen molar-refractivity contribution in [3.63, 3.8) is 0 Å². The molecule has 0 bridgehead atoms. The summed E-state index contributed by atoms with van der Waals surface area (Å²) >= 11 is 0. The van der Waals surface area contributed by atoms with Gasteiger partial charge in [-0.1, -0.05) is 105 Å². The van der Waals surface area contributed by atoms with Crippen molar-refractivity contribution in [3.8, 4) is 0 Å². The van der Waals surface area contributed by atoms with Crippen molar-refractivity contribution in [1.29, 1.82) is 0 Å². The van der Waals surface area contributed by atoms with Crippen molar-refractivity contribution in [1.82, 2.24) is 38.1 Å². The molecule has 10 rings (SSSR count). The van der Waals surface area contributed by atoms with Crippen LogP contribution in [0.2, 0.25) is 0 Å². The number of nitrogens with one attached hydrogen (secondary N) is 1. The molecule has 2 aliphatic rings. The van der Waals surface area contributed by atoms with Crippen LogP contribution in [0.1, 0.15) is 61.9 Å². The molecule has 0 aliphatic carbocycles. The van der Waals surface area contributed by atoms with E-state index in [1.54, 1.807) is 19.1 Å². The van der Waals surface area contributed by atoms with Crippen LogP contribution in [-0.2, 0) is 42.2 Å². The van der Waals surface area contributed by atoms with Crippen molar-refractivity contribution >= 4 is 67.7 Å². The maximum Gasteiger partial charge on any atom is 0.415 e. The fourth-order valence-corrected chi connectivity index (χ4v) is 11.1. The van der Waals surface area contributed by atoms with Crippen molar-refractivity contribution < 1.29 is 41.8 Å². The number of amides is 3. The Hall–Kier alpha value is -8.06. The highest BCUT2D eigenvalue weighted by Gasteiger charge is 2.41. The van der Waals surface area contributed by atoms with Crippen molar-refractivity contribution in [3.05, 3.63) is 156 Å². The van der Waals surface area contributed by atoms with Crippen LogP contribution in [0.3, 0.4) is 0 Å². The second kappa shape index (κ2) is 22.4. The molecule has 19 heteroatoms. The SMILES string of the molecule is CCOC(=O)N(CC(=O)[C@H]1CN(C(=O)OCc2ccccc2)C[C@H]1CC)c1cnc2c(ccn2S(=O)(=O)c2ccc(C)cc2)n1.CC[C@@H]1CN(C(=O)OCc2ccccc2)C[C@@H]1c1cnc2ccc3[nH]ccc3n12. The quantitative estimate of drug-likeness (QED) is 0.101. The number of imidazole rings is 1. The van der Waals surface area contributed by atoms with E-state index in [9.17, 15) is 27.6 Å². The molecule has 0 radical (unpaired) electrons. The largest absolute Gasteiger partial charge is 0.449 e. The minimum Gasteiger partial charge on any atom is -0.449 e. The summed E-state index contributed by atoms with van der Waals surface area (Å²) in [6.07, 6.45) is 6.62. The number of ether oxygens (including phenoxy) is 3. The molecule has 18 nitrogen and oxygen atoms in total. The van der Waals surface area contributed by atoms with E-state index >= 15 is 0 Å². The Balaban J connectivity index is 0.000000199. The maximum atomic E-state index is 13.7. The van der Waals surface area contributed by atoms with E-state index in [1.807, 2.05) is 97.9 Å². The molecule has 2 fully saturated rings. The second-order valence-corrected chi connectivity index (χ2v) is 20.4. The van der Waals surface area contributed by atoms with Gasteiger partial charge in [0.25, 0.3) is 10.0 Å². The number of aryl methyl sites for hydroxylation is 1. The first-order valence-electron chi connectivity index (χ1n) is 24.8. The zero-order valence-corrected chi connectivity index (χ0v) is 42.6. The van der Waals surface area contributed by atoms with Crippen LogP contribution >= 0.6 is 0 Å². The fourth-order valence-electron chi connectivity index (χ4n) is 9.81. The van der Waals surface area contributed by atoms with Crippen molar-refractivity contribution in [2.45, 2.75) is 64.6 Å². The third-order valence-electron chi connectivity index (χ3n) is 13.9. The molecule has 2 aliphatic heterocycles. The van der Waals surface area contributed by atoms with E-state index in [4.69, 9.17) is 14.2 Å². The molecule has 3 amide bonds. The summed E-state index contributed by atoms with van der Waals surface area (Å²) in [5.74, 6) is -0.276. The molecule has 1 N–H and O–H groups in total. The number of pyridine rings is 1. The van der Waals surface area contributed by atoms with Gasteiger partial charge in [0.2, 0.25) is 0 Å². The number of likely N-dealkylation sites (tertiary alicyclic amines) is 2. The first-order chi connectivity index (χ1) is 35.9. The molecule has 0 saturated carbocycles. The first kappa shape index (κ1) is 50.9. The lowest BCUT2D eigenvalue weighted by Gasteiger charge is -2.23. The van der Waals surface area contributed by atoms with E-state index in [0.29, 0.717) is 38.6 Å². The van der Waals surface area contributed by atoms with Gasteiger partial charge in [0.05, 0.1) is 35.3 Å². The predicted molar refractivity (Wildman–Crippen MR) is 278 cm³/mol. The first-order valence-corrected chi connectivity index (χ1v) is 26.3. The van der Waals surface area contributed by atoms with Crippen LogP contribution in [0.25, 0.3) is 27.8 Å². The number of Topliss-reactive ketones (excluding diaryl/α,β-unsaturated/α-hetero) is 1. The molecule has 4 atom stereocenters. The number of fused-ring (bicyclic) bond motifs is 4. The van der Waals surface area contributed by atoms with Crippen molar-refractivity contribution in [2.75, 3.05) is 44.2 Å². The molecular formula is C55H59N9O9S. The number of aromatic nitrogens is 6. The lowest BCUT2D eigenvalue weighted by molar-refractivity contribution is -0.122. The van der Waals surface area contributed by atoms with E-state index in [-0.39, 0.29) is 71.9 Å². The maximum absolute atomic E-state index is 13.7. The van der Waals surface area contributed by atoms with Gasteiger partial charge in [-0.15, -0.1) is 0 Å². The number of hydrogen-bond acceptors (Lipinski definition) is 12. The molecule has 8 aromatic rings. The molecule has 3 aromatic carbocycles. The number of carbonyl (C=O) groups is 4. The number of aromatic amines is 1. The Morgan fingerprint density at radius 3 is 2.01 bits per heavy atom. The van der Waals surface area contributed by atoms with Gasteiger partial charge < -0.3 is 29.0 Å². The molecule has 0 unspecified atom stereocenters. The average molecular weight is 1020 g/mol. The van der Waals surface area contributed by atoms with E-state index in [1.165, 1.54) is 35.5 Å². The lowest BCUT2D eigenvalue weighted by Crippen LogP contribution is -2.41. The fraction of sp³-hybridized carbons (Fsp3) is 0.327. The Morgan fingerprint density at radius 1 is 0.716 bits per heavy atom. The topological polar surface area (TPSA) is 204 Å². The van der Waals surface area contributed by atoms with Gasteiger partial charge in [0, 0.05) is 62.3 Å². The zero-order valence-electron chi connectivity index (χ0n) is 41.7. The van der Waals surface area contributed by atoms with Crippen LogP contribution in [0.5, 0.6) is 0 Å². The highest BCUT2D eigenvalue weighted by Crippen LogP contribution is 2.37. The highest BCUT2D eigenvalue weighted by atomic mass is 32.2. The van der Waals surface area contributed by atoms with Gasteiger partial charge >= 0.3 is 18.3 Å². The van der Waals surface area contributed by atoms with Crippen LogP contribution in [-0.4, -0.2) is 110 Å². The smallest absolute Gasteiger partial charge is 0.415 e. The van der Waals surface area contributed by atoms with Gasteiger partial charge in [-0.3, -0.25) is 14.1 Å². The average Bonchev–Trinajstić information content (AvgIpc) is 4.29. The molecule has 5 aromatic heterocycles. The summed E-state index contributed by atoms with van der Waals surface area (Å²) in [4.78, 5) is 73.5. The number of carbonyl (C=O) groups excluding carboxylic acids is 4. The number of anilines is 1. The van der Waals surface area contributed by atoms with Gasteiger partial charge in [-0.05, 0) is 73.2 Å². The summed E-state index contributed by atoms with van der Waals surface area (Å²) in [5, 5.41) is 0. The Kier molecular flexibility index (Phi) is 15.4. The summed E-state index contributed by atoms with van der Waals surface area (Å²) in [6.45, 7) is 9.64. The minimum atomic E-state index is -3.96. The van der Waals surface area contributed by atoms with Crippen molar-refractivity contribution in [2.24, 2.45) is 17.8 Å². The van der Waals surface area contributed by atoms with Crippen LogP contribution in [0.4, 0.5) is 20.2 Å². The zero-order chi connectivity index (χ0) is 51.9. The monoisotopic (exact) mass is 1020 g/mol. The second-order valence-electron chi connectivity index (χ2n) is 18.5. The summed E-state index contributed by atoms with van der Waals surface area (Å²) < 4.78 is 46.1. The Labute approximate surface area is 428 Å². The van der Waals surface area contributed by atoms with E-state index in [0.717, 1.165) is 54.4 Å². The number of nitrogens with zero attached hydrogens (tertiary/aromatic N) is 8. The van der Waals surface area contributed by atoms with Crippen LogP contribution in [0, 0.1) is 24.7 Å². The van der Waals surface area contributed by atoms with Gasteiger partial charge in [-0.25, -0.2) is 41.7 Å². The highest BCUT2D eigenvalue weighted by molar-refractivity contribution is 7.90. The molecule has 7 heterocycles. The molecular weight excluding hydrogens is 963 g/mol. The molecule has 0 spiro atoms. The summed E-state index contributed by atoms with van der Waals surface area (Å²) in [6, 6.07) is 33.2. The number of ketones is 1. The van der Waals surface area contributed by atoms with Crippen LogP contribution in [0.15, 0.2) is 139 Å². The third-order valence-corrected chi connectivity index (χ3v) is 15.5. The Morgan fingerprint density at radius 2 is 1.36 bits per heavy atom. The normalized spacial score (nSPS) is 17.6. The van der Waals surface area contributed by atoms with E-state index < -0.39 is 28.1 Å². The number of H-pyrrole nitrogens is 1. The van der Waals surface area contributed by atoms with Gasteiger partial charge in [0.15, 0.2) is 17.2 Å². The summed E-state index contributed by atoms with van der Waals surface area (Å²) in [7, 11) is -3.96. The lowest BCUT2D eigenvalue weighted by atomic mass is 9.90. The summed E-state index contributed by atoms with van der Waals surface area (Å²) in [5.41, 5.74) is 7.36. The number of rotatable bonds is 14. The standard InChI is InChI=1S/C32H35N5O7S.C23H24N4O2/c1-4-24-18-35(31(39)44-21-23-9-7-6-8-10-23)19-26(24)28(38)20-36(32(40)43-5-2)29-17-33-30-27(34-29)15-16-37(30)45(41,42)25-13-11-22(3)12-14-25;1-2-17-13-26(23(28)29-15-16-6-4-3-5-7-16)14-18(17)21-12-25-22-9-8-19-20(27(21)22)10-11-24-19/h6-17,24,26H,4-5,18-21H2,1-3H3;3-12,17-18,24H,2,13-15H2,1H3/t24-,26+;17-,18+/m11/s1. The predicted octanol–water partition coefficient (Wildman–Crippen LogP) is 9.38. The number of benzene rings is 3. The van der Waals surface area contributed by atoms with Gasteiger partial charge in [-0.2, -0.15) is 0 Å². The van der Waals surface area contributed by atoms with Gasteiger partial charge in [0.1, 0.15) is 24.4 Å². The molecule has 74 heavy (non-hydrogen) atoms.